The zero-order valence-corrected chi connectivity index (χ0v) is 12.1. The molecule has 0 aromatic carbocycles. The van der Waals surface area contributed by atoms with Crippen LogP contribution in [-0.2, 0) is 6.54 Å². The number of hydrogen-bond acceptors (Lipinski definition) is 5. The number of amides is 1. The molecule has 0 fully saturated rings. The van der Waals surface area contributed by atoms with E-state index in [2.05, 4.69) is 20.4 Å². The standard InChI is InChI=1S/C15H15N5O2/c1-2-22-14-7-6-13-18-12(10-20(13)19-14)15(21)17-9-11-5-3-4-8-16-11/h3-8,10H,2,9H2,1H3,(H,17,21). The number of carbonyl (C=O) groups excluding carboxylic acids is 1. The van der Waals surface area contributed by atoms with E-state index in [4.69, 9.17) is 4.74 Å². The molecule has 3 rings (SSSR count). The molecule has 0 unspecified atom stereocenters. The molecule has 0 saturated heterocycles. The Morgan fingerprint density at radius 3 is 3.00 bits per heavy atom. The zero-order valence-electron chi connectivity index (χ0n) is 12.1. The van der Waals surface area contributed by atoms with Crippen molar-refractivity contribution in [2.24, 2.45) is 0 Å². The highest BCUT2D eigenvalue weighted by Crippen LogP contribution is 2.10. The number of nitrogens with one attached hydrogen (secondary N) is 1. The fraction of sp³-hybridized carbons (Fsp3) is 0.200. The van der Waals surface area contributed by atoms with Gasteiger partial charge in [-0.15, -0.1) is 5.10 Å². The molecule has 0 spiro atoms. The van der Waals surface area contributed by atoms with E-state index < -0.39 is 0 Å². The second-order valence-electron chi connectivity index (χ2n) is 4.54. The Morgan fingerprint density at radius 1 is 1.32 bits per heavy atom. The predicted octanol–water partition coefficient (Wildman–Crippen LogP) is 1.45. The van der Waals surface area contributed by atoms with Crippen molar-refractivity contribution in [2.45, 2.75) is 13.5 Å². The van der Waals surface area contributed by atoms with Crippen LogP contribution in [0, 0.1) is 0 Å². The number of aromatic nitrogens is 4. The molecule has 0 aliphatic rings. The number of ether oxygens (including phenoxy) is 1. The van der Waals surface area contributed by atoms with Crippen LogP contribution < -0.4 is 10.1 Å². The van der Waals surface area contributed by atoms with Gasteiger partial charge < -0.3 is 10.1 Å². The van der Waals surface area contributed by atoms with Gasteiger partial charge in [0.2, 0.25) is 5.88 Å². The van der Waals surface area contributed by atoms with Crippen LogP contribution in [0.4, 0.5) is 0 Å². The summed E-state index contributed by atoms with van der Waals surface area (Å²) in [5.41, 5.74) is 1.68. The molecule has 0 aliphatic carbocycles. The van der Waals surface area contributed by atoms with Crippen molar-refractivity contribution in [2.75, 3.05) is 6.61 Å². The maximum atomic E-state index is 12.1. The second kappa shape index (κ2) is 6.21. The van der Waals surface area contributed by atoms with Crippen LogP contribution in [0.5, 0.6) is 5.88 Å². The third-order valence-corrected chi connectivity index (χ3v) is 2.98. The first-order valence-electron chi connectivity index (χ1n) is 6.93. The van der Waals surface area contributed by atoms with Crippen LogP contribution in [0.1, 0.15) is 23.1 Å². The molecule has 112 valence electrons. The van der Waals surface area contributed by atoms with E-state index in [-0.39, 0.29) is 5.91 Å². The molecule has 3 heterocycles. The average Bonchev–Trinajstić information content (AvgIpc) is 2.97. The van der Waals surface area contributed by atoms with Crippen molar-refractivity contribution in [1.82, 2.24) is 24.9 Å². The predicted molar refractivity (Wildman–Crippen MR) is 79.6 cm³/mol. The topological polar surface area (TPSA) is 81.4 Å². The Hall–Kier alpha value is -2.96. The first kappa shape index (κ1) is 14.0. The van der Waals surface area contributed by atoms with Crippen molar-refractivity contribution >= 4 is 11.6 Å². The van der Waals surface area contributed by atoms with E-state index in [0.29, 0.717) is 30.4 Å². The molecule has 0 atom stereocenters. The number of carbonyl (C=O) groups is 1. The maximum absolute atomic E-state index is 12.1. The first-order chi connectivity index (χ1) is 10.8. The summed E-state index contributed by atoms with van der Waals surface area (Å²) in [6.07, 6.45) is 3.26. The minimum Gasteiger partial charge on any atom is -0.477 e. The lowest BCUT2D eigenvalue weighted by Crippen LogP contribution is -2.23. The molecule has 3 aromatic rings. The Kier molecular flexibility index (Phi) is 3.95. The number of nitrogens with zero attached hydrogens (tertiary/aromatic N) is 4. The van der Waals surface area contributed by atoms with Gasteiger partial charge in [0, 0.05) is 12.3 Å². The first-order valence-corrected chi connectivity index (χ1v) is 6.93. The largest absolute Gasteiger partial charge is 0.477 e. The number of hydrogen-bond donors (Lipinski definition) is 1. The number of pyridine rings is 1. The number of fused-ring (bicyclic) bond motifs is 1. The van der Waals surface area contributed by atoms with E-state index in [0.717, 1.165) is 5.69 Å². The monoisotopic (exact) mass is 297 g/mol. The highest BCUT2D eigenvalue weighted by Gasteiger charge is 2.11. The van der Waals surface area contributed by atoms with Crippen molar-refractivity contribution in [1.29, 1.82) is 0 Å². The Balaban J connectivity index is 1.73. The lowest BCUT2D eigenvalue weighted by molar-refractivity contribution is 0.0946. The molecule has 0 bridgehead atoms. The summed E-state index contributed by atoms with van der Waals surface area (Å²) in [5.74, 6) is 0.224. The molecular weight excluding hydrogens is 282 g/mol. The third kappa shape index (κ3) is 3.03. The minimum atomic E-state index is -0.269. The number of imidazole rings is 1. The molecule has 0 aliphatic heterocycles. The second-order valence-corrected chi connectivity index (χ2v) is 4.54. The van der Waals surface area contributed by atoms with Crippen LogP contribution in [-0.4, -0.2) is 32.1 Å². The summed E-state index contributed by atoms with van der Waals surface area (Å²) in [5, 5.41) is 7.01. The lowest BCUT2D eigenvalue weighted by atomic mass is 10.3. The van der Waals surface area contributed by atoms with Crippen LogP contribution in [0.25, 0.3) is 5.65 Å². The Labute approximate surface area is 127 Å². The van der Waals surface area contributed by atoms with Gasteiger partial charge >= 0.3 is 0 Å². The normalized spacial score (nSPS) is 10.6. The van der Waals surface area contributed by atoms with Gasteiger partial charge in [0.15, 0.2) is 5.65 Å². The van der Waals surface area contributed by atoms with Gasteiger partial charge in [0.25, 0.3) is 5.91 Å². The fourth-order valence-corrected chi connectivity index (χ4v) is 1.96. The smallest absolute Gasteiger partial charge is 0.271 e. The van der Waals surface area contributed by atoms with Crippen LogP contribution in [0.2, 0.25) is 0 Å². The van der Waals surface area contributed by atoms with E-state index in [1.54, 1.807) is 24.5 Å². The number of rotatable bonds is 5. The van der Waals surface area contributed by atoms with Gasteiger partial charge in [-0.1, -0.05) is 6.07 Å². The summed E-state index contributed by atoms with van der Waals surface area (Å²) >= 11 is 0. The molecule has 3 aromatic heterocycles. The van der Waals surface area contributed by atoms with Crippen LogP contribution >= 0.6 is 0 Å². The molecule has 0 radical (unpaired) electrons. The molecule has 1 amide bonds. The average molecular weight is 297 g/mol. The van der Waals surface area contributed by atoms with Gasteiger partial charge in [0.1, 0.15) is 5.69 Å². The summed E-state index contributed by atoms with van der Waals surface area (Å²) in [6, 6.07) is 9.03. The van der Waals surface area contributed by atoms with Crippen molar-refractivity contribution < 1.29 is 9.53 Å². The van der Waals surface area contributed by atoms with E-state index >= 15 is 0 Å². The van der Waals surface area contributed by atoms with Gasteiger partial charge in [0.05, 0.1) is 25.0 Å². The van der Waals surface area contributed by atoms with Gasteiger partial charge in [-0.25, -0.2) is 9.50 Å². The fourth-order valence-electron chi connectivity index (χ4n) is 1.96. The van der Waals surface area contributed by atoms with Gasteiger partial charge in [-0.3, -0.25) is 9.78 Å². The SMILES string of the molecule is CCOc1ccc2nc(C(=O)NCc3ccccn3)cn2n1. The Bertz CT molecular complexity index is 785. The summed E-state index contributed by atoms with van der Waals surface area (Å²) in [4.78, 5) is 20.5. The summed E-state index contributed by atoms with van der Waals surface area (Å²) in [7, 11) is 0. The van der Waals surface area contributed by atoms with Crippen LogP contribution in [0.15, 0.2) is 42.7 Å². The van der Waals surface area contributed by atoms with Crippen molar-refractivity contribution in [3.63, 3.8) is 0 Å². The molecule has 7 heteroatoms. The highest BCUT2D eigenvalue weighted by molar-refractivity contribution is 5.92. The van der Waals surface area contributed by atoms with Gasteiger partial charge in [-0.2, -0.15) is 0 Å². The molecular formula is C15H15N5O2. The van der Waals surface area contributed by atoms with E-state index in [1.807, 2.05) is 25.1 Å². The van der Waals surface area contributed by atoms with Crippen LogP contribution in [0.3, 0.4) is 0 Å². The zero-order chi connectivity index (χ0) is 15.4. The van der Waals surface area contributed by atoms with Gasteiger partial charge in [-0.05, 0) is 25.1 Å². The van der Waals surface area contributed by atoms with Crippen molar-refractivity contribution in [3.8, 4) is 5.88 Å². The summed E-state index contributed by atoms with van der Waals surface area (Å²) in [6.45, 7) is 2.77. The molecule has 7 nitrogen and oxygen atoms in total. The Morgan fingerprint density at radius 2 is 2.23 bits per heavy atom. The van der Waals surface area contributed by atoms with E-state index in [9.17, 15) is 4.79 Å². The summed E-state index contributed by atoms with van der Waals surface area (Å²) < 4.78 is 6.85. The maximum Gasteiger partial charge on any atom is 0.271 e. The highest BCUT2D eigenvalue weighted by atomic mass is 16.5. The van der Waals surface area contributed by atoms with Crippen molar-refractivity contribution in [3.05, 3.63) is 54.1 Å². The molecule has 1 N–H and O–H groups in total. The third-order valence-electron chi connectivity index (χ3n) is 2.98. The minimum absolute atomic E-state index is 0.269. The lowest BCUT2D eigenvalue weighted by Gasteiger charge is -2.01. The molecule has 22 heavy (non-hydrogen) atoms. The quantitative estimate of drug-likeness (QED) is 0.771. The van der Waals surface area contributed by atoms with E-state index in [1.165, 1.54) is 4.52 Å². The molecule has 0 saturated carbocycles.